The molecule has 1 N–H and O–H groups in total. The van der Waals surface area contributed by atoms with Crippen LogP contribution in [0.1, 0.15) is 25.7 Å². The molecule has 0 radical (unpaired) electrons. The van der Waals surface area contributed by atoms with E-state index in [2.05, 4.69) is 58.2 Å². The van der Waals surface area contributed by atoms with Crippen molar-refractivity contribution in [2.75, 3.05) is 36.5 Å². The van der Waals surface area contributed by atoms with E-state index >= 15 is 0 Å². The molecule has 2 aromatic heterocycles. The predicted molar refractivity (Wildman–Crippen MR) is 123 cm³/mol. The lowest BCUT2D eigenvalue weighted by Crippen LogP contribution is -2.36. The maximum atomic E-state index is 6.49. The van der Waals surface area contributed by atoms with Gasteiger partial charge >= 0.3 is 0 Å². The van der Waals surface area contributed by atoms with Crippen molar-refractivity contribution in [2.24, 2.45) is 0 Å². The monoisotopic (exact) mass is 484 g/mol. The Morgan fingerprint density at radius 1 is 0.968 bits per heavy atom. The van der Waals surface area contributed by atoms with Crippen LogP contribution in [0.25, 0.3) is 11.0 Å². The van der Waals surface area contributed by atoms with Gasteiger partial charge in [-0.05, 0) is 47.7 Å². The van der Waals surface area contributed by atoms with Crippen molar-refractivity contribution in [1.29, 1.82) is 0 Å². The number of hydrogen-bond acceptors (Lipinski definition) is 8. The highest BCUT2D eigenvalue weighted by Gasteiger charge is 2.24. The Morgan fingerprint density at radius 3 is 2.48 bits per heavy atom. The molecule has 5 rings (SSSR count). The average Bonchev–Trinajstić information content (AvgIpc) is 2.82. The van der Waals surface area contributed by atoms with E-state index in [1.165, 1.54) is 0 Å². The summed E-state index contributed by atoms with van der Waals surface area (Å²) in [4.78, 5) is 20.0. The molecule has 1 aliphatic heterocycles. The second-order valence-electron chi connectivity index (χ2n) is 7.93. The molecule has 0 bridgehead atoms. The number of rotatable bonds is 5. The van der Waals surface area contributed by atoms with Crippen molar-refractivity contribution in [1.82, 2.24) is 19.9 Å². The molecule has 2 aliphatic rings. The van der Waals surface area contributed by atoms with Crippen molar-refractivity contribution < 1.29 is 9.47 Å². The maximum absolute atomic E-state index is 6.49. The third-order valence-electron chi connectivity index (χ3n) is 5.82. The Labute approximate surface area is 189 Å². The van der Waals surface area contributed by atoms with E-state index in [0.717, 1.165) is 78.9 Å². The Bertz CT molecular complexity index is 1020. The number of fused-ring (bicyclic) bond motifs is 1. The summed E-state index contributed by atoms with van der Waals surface area (Å²) >= 11 is 3.37. The quantitative estimate of drug-likeness (QED) is 0.584. The smallest absolute Gasteiger partial charge is 0.222 e. The number of nitrogens with zero attached hydrogens (tertiary/aromatic N) is 5. The zero-order chi connectivity index (χ0) is 21.0. The van der Waals surface area contributed by atoms with Crippen LogP contribution in [0.5, 0.6) is 5.75 Å². The number of anilines is 2. The topological polar surface area (TPSA) is 85.3 Å². The number of nitrogens with one attached hydrogen (secondary N) is 1. The molecule has 0 spiro atoms. The standard InChI is InChI=1S/C22H25BrN6O2/c23-15-13-26-22(27-14-15)28-16-1-3-18(4-2-16)31-20-12-17(29-7-9-30-10-8-29)11-19-21(20)25-6-5-24-19/h5-6,11-14,16,18H,1-4,7-10H2,(H,26,27,28). The Balaban J connectivity index is 1.27. The molecule has 3 heterocycles. The number of ether oxygens (including phenoxy) is 2. The van der Waals surface area contributed by atoms with Crippen LogP contribution in [-0.4, -0.2) is 58.4 Å². The third-order valence-corrected chi connectivity index (χ3v) is 6.23. The first-order valence-corrected chi connectivity index (χ1v) is 11.5. The summed E-state index contributed by atoms with van der Waals surface area (Å²) in [6, 6.07) is 4.57. The summed E-state index contributed by atoms with van der Waals surface area (Å²) in [6.45, 7) is 3.24. The minimum Gasteiger partial charge on any atom is -0.488 e. The molecule has 2 fully saturated rings. The zero-order valence-corrected chi connectivity index (χ0v) is 18.8. The molecule has 3 aromatic rings. The van der Waals surface area contributed by atoms with Crippen LogP contribution in [0.4, 0.5) is 11.6 Å². The van der Waals surface area contributed by atoms with Crippen LogP contribution in [0, 0.1) is 0 Å². The highest BCUT2D eigenvalue weighted by atomic mass is 79.9. The predicted octanol–water partition coefficient (Wildman–Crippen LogP) is 3.82. The van der Waals surface area contributed by atoms with Crippen LogP contribution >= 0.6 is 15.9 Å². The van der Waals surface area contributed by atoms with Gasteiger partial charge in [0.1, 0.15) is 11.3 Å². The fraction of sp³-hybridized carbons (Fsp3) is 0.455. The van der Waals surface area contributed by atoms with Gasteiger partial charge in [-0.1, -0.05) is 0 Å². The van der Waals surface area contributed by atoms with E-state index < -0.39 is 0 Å². The minimum atomic E-state index is 0.161. The van der Waals surface area contributed by atoms with Gasteiger partial charge in [-0.25, -0.2) is 15.0 Å². The average molecular weight is 485 g/mol. The molecule has 0 amide bonds. The van der Waals surface area contributed by atoms with Crippen LogP contribution in [0.3, 0.4) is 0 Å². The van der Waals surface area contributed by atoms with Crippen LogP contribution in [-0.2, 0) is 4.74 Å². The van der Waals surface area contributed by atoms with Crippen molar-refractivity contribution >= 4 is 38.6 Å². The van der Waals surface area contributed by atoms with Gasteiger partial charge in [0.2, 0.25) is 5.95 Å². The second-order valence-corrected chi connectivity index (χ2v) is 8.84. The lowest BCUT2D eigenvalue weighted by atomic mass is 9.93. The number of morpholine rings is 1. The Morgan fingerprint density at radius 2 is 1.71 bits per heavy atom. The molecule has 8 nitrogen and oxygen atoms in total. The van der Waals surface area contributed by atoms with Crippen molar-refractivity contribution in [3.63, 3.8) is 0 Å². The van der Waals surface area contributed by atoms with E-state index in [0.29, 0.717) is 12.0 Å². The molecule has 0 atom stereocenters. The van der Waals surface area contributed by atoms with Gasteiger partial charge in [0, 0.05) is 55.7 Å². The fourth-order valence-corrected chi connectivity index (χ4v) is 4.40. The van der Waals surface area contributed by atoms with E-state index in [-0.39, 0.29) is 6.10 Å². The first kappa shape index (κ1) is 20.4. The highest BCUT2D eigenvalue weighted by Crippen LogP contribution is 2.33. The van der Waals surface area contributed by atoms with Gasteiger partial charge in [0.05, 0.1) is 29.3 Å². The molecule has 1 aliphatic carbocycles. The highest BCUT2D eigenvalue weighted by molar-refractivity contribution is 9.10. The van der Waals surface area contributed by atoms with E-state index in [1.807, 2.05) is 0 Å². The summed E-state index contributed by atoms with van der Waals surface area (Å²) < 4.78 is 12.9. The molecule has 31 heavy (non-hydrogen) atoms. The molecule has 1 aromatic carbocycles. The van der Waals surface area contributed by atoms with Gasteiger partial charge in [0.15, 0.2) is 0 Å². The molecular formula is C22H25BrN6O2. The van der Waals surface area contributed by atoms with E-state index in [4.69, 9.17) is 9.47 Å². The molecule has 1 saturated heterocycles. The van der Waals surface area contributed by atoms with Crippen LogP contribution in [0.2, 0.25) is 0 Å². The minimum absolute atomic E-state index is 0.161. The SMILES string of the molecule is Brc1cnc(NC2CCC(Oc3cc(N4CCOCC4)cc4nccnc34)CC2)nc1. The first-order chi connectivity index (χ1) is 15.2. The number of halogens is 1. The number of hydrogen-bond donors (Lipinski definition) is 1. The molecule has 162 valence electrons. The summed E-state index contributed by atoms with van der Waals surface area (Å²) in [7, 11) is 0. The largest absolute Gasteiger partial charge is 0.488 e. The van der Waals surface area contributed by atoms with Gasteiger partial charge in [-0.2, -0.15) is 0 Å². The summed E-state index contributed by atoms with van der Waals surface area (Å²) in [5.41, 5.74) is 2.81. The molecule has 0 unspecified atom stereocenters. The molecule has 9 heteroatoms. The van der Waals surface area contributed by atoms with Gasteiger partial charge in [-0.15, -0.1) is 0 Å². The lowest BCUT2D eigenvalue weighted by Gasteiger charge is -2.31. The maximum Gasteiger partial charge on any atom is 0.222 e. The number of benzene rings is 1. The summed E-state index contributed by atoms with van der Waals surface area (Å²) in [5, 5.41) is 3.43. The second kappa shape index (κ2) is 9.32. The van der Waals surface area contributed by atoms with Crippen molar-refractivity contribution in [3.8, 4) is 5.75 Å². The fourth-order valence-electron chi connectivity index (χ4n) is 4.20. The third kappa shape index (κ3) is 4.88. The Hall–Kier alpha value is -2.52. The van der Waals surface area contributed by atoms with Gasteiger partial charge in [-0.3, -0.25) is 4.98 Å². The zero-order valence-electron chi connectivity index (χ0n) is 17.2. The Kier molecular flexibility index (Phi) is 6.13. The normalized spacial score (nSPS) is 21.8. The summed E-state index contributed by atoms with van der Waals surface area (Å²) in [6.07, 6.45) is 11.1. The van der Waals surface area contributed by atoms with E-state index in [9.17, 15) is 0 Å². The molecular weight excluding hydrogens is 460 g/mol. The van der Waals surface area contributed by atoms with E-state index in [1.54, 1.807) is 24.8 Å². The molecule has 1 saturated carbocycles. The van der Waals surface area contributed by atoms with Gasteiger partial charge in [0.25, 0.3) is 0 Å². The van der Waals surface area contributed by atoms with Crippen LogP contribution in [0.15, 0.2) is 41.4 Å². The summed E-state index contributed by atoms with van der Waals surface area (Å²) in [5.74, 6) is 1.49. The van der Waals surface area contributed by atoms with Crippen LogP contribution < -0.4 is 15.0 Å². The number of aromatic nitrogens is 4. The first-order valence-electron chi connectivity index (χ1n) is 10.7. The van der Waals surface area contributed by atoms with Crippen molar-refractivity contribution in [3.05, 3.63) is 41.4 Å². The van der Waals surface area contributed by atoms with Crippen molar-refractivity contribution in [2.45, 2.75) is 37.8 Å². The van der Waals surface area contributed by atoms with Gasteiger partial charge < -0.3 is 19.7 Å². The lowest BCUT2D eigenvalue weighted by molar-refractivity contribution is 0.122.